The molecule has 18 heavy (non-hydrogen) atoms. The number of hydrogen-bond acceptors (Lipinski definition) is 5. The Labute approximate surface area is 116 Å². The fourth-order valence-electron chi connectivity index (χ4n) is 1.39. The van der Waals surface area contributed by atoms with Crippen molar-refractivity contribution in [2.45, 2.75) is 32.3 Å². The average molecular weight is 315 g/mol. The molecule has 0 aliphatic carbocycles. The minimum absolute atomic E-state index is 0.00831. The van der Waals surface area contributed by atoms with E-state index in [4.69, 9.17) is 19.3 Å². The van der Waals surface area contributed by atoms with Crippen molar-refractivity contribution in [3.63, 3.8) is 0 Å². The van der Waals surface area contributed by atoms with Gasteiger partial charge in [0.15, 0.2) is 6.29 Å². The summed E-state index contributed by atoms with van der Waals surface area (Å²) in [4.78, 5) is 31.2. The molecule has 1 aliphatic rings. The highest BCUT2D eigenvalue weighted by molar-refractivity contribution is 8.67. The SMILES string of the molecule is CC1OC(CN(C)C(=O)CSP(O)(O)=S)OC1C. The quantitative estimate of drug-likeness (QED) is 0.717. The molecule has 0 aromatic heterocycles. The molecular weight excluding hydrogens is 297 g/mol. The Morgan fingerprint density at radius 2 is 1.89 bits per heavy atom. The lowest BCUT2D eigenvalue weighted by Crippen LogP contribution is -2.36. The second-order valence-corrected chi connectivity index (χ2v) is 10.2. The van der Waals surface area contributed by atoms with Crippen LogP contribution in [-0.2, 0) is 26.1 Å². The van der Waals surface area contributed by atoms with Crippen molar-refractivity contribution < 1.29 is 24.1 Å². The molecule has 2 N–H and O–H groups in total. The van der Waals surface area contributed by atoms with Gasteiger partial charge in [-0.05, 0) is 25.7 Å². The van der Waals surface area contributed by atoms with Gasteiger partial charge in [-0.3, -0.25) is 4.79 Å². The van der Waals surface area contributed by atoms with E-state index in [1.165, 1.54) is 4.90 Å². The molecule has 1 aliphatic heterocycles. The number of carbonyl (C=O) groups is 1. The molecule has 2 atom stereocenters. The van der Waals surface area contributed by atoms with Gasteiger partial charge < -0.3 is 24.2 Å². The molecule has 1 fully saturated rings. The molecule has 1 saturated heterocycles. The molecule has 0 saturated carbocycles. The third kappa shape index (κ3) is 5.52. The molecule has 106 valence electrons. The molecule has 1 rings (SSSR count). The Morgan fingerprint density at radius 1 is 1.39 bits per heavy atom. The van der Waals surface area contributed by atoms with E-state index in [1.54, 1.807) is 7.05 Å². The maximum atomic E-state index is 11.7. The number of nitrogens with zero attached hydrogens (tertiary/aromatic N) is 1. The first-order valence-corrected chi connectivity index (χ1v) is 9.74. The summed E-state index contributed by atoms with van der Waals surface area (Å²) in [5.41, 5.74) is -3.37. The molecule has 9 heteroatoms. The van der Waals surface area contributed by atoms with Crippen LogP contribution in [0.4, 0.5) is 0 Å². The zero-order chi connectivity index (χ0) is 13.9. The summed E-state index contributed by atoms with van der Waals surface area (Å²) >= 11 is 5.12. The van der Waals surface area contributed by atoms with Gasteiger partial charge in [-0.2, -0.15) is 0 Å². The smallest absolute Gasteiger partial charge is 0.242 e. The van der Waals surface area contributed by atoms with E-state index in [9.17, 15) is 4.79 Å². The summed E-state index contributed by atoms with van der Waals surface area (Å²) in [5.74, 6) is -0.296. The van der Waals surface area contributed by atoms with Crippen LogP contribution in [0.5, 0.6) is 0 Å². The monoisotopic (exact) mass is 315 g/mol. The van der Waals surface area contributed by atoms with Crippen molar-refractivity contribution in [1.29, 1.82) is 0 Å². The summed E-state index contributed by atoms with van der Waals surface area (Å²) in [7, 11) is 1.61. The summed E-state index contributed by atoms with van der Waals surface area (Å²) < 4.78 is 11.0. The number of carbonyl (C=O) groups excluding carboxylic acids is 1. The first-order chi connectivity index (χ1) is 8.19. The summed E-state index contributed by atoms with van der Waals surface area (Å²) in [6, 6.07) is 0. The van der Waals surface area contributed by atoms with Gasteiger partial charge in [-0.1, -0.05) is 11.4 Å². The third-order valence-electron chi connectivity index (χ3n) is 2.60. The molecular formula is C9H18NO5PS2. The molecule has 2 unspecified atom stereocenters. The zero-order valence-corrected chi connectivity index (χ0v) is 13.0. The van der Waals surface area contributed by atoms with Gasteiger partial charge in [-0.15, -0.1) is 0 Å². The fraction of sp³-hybridized carbons (Fsp3) is 0.889. The second kappa shape index (κ2) is 6.65. The summed E-state index contributed by atoms with van der Waals surface area (Å²) in [5, 5.41) is 0. The largest absolute Gasteiger partial charge is 0.345 e. The summed E-state index contributed by atoms with van der Waals surface area (Å²) in [6.07, 6.45) is -0.414. The maximum absolute atomic E-state index is 11.7. The highest BCUT2D eigenvalue weighted by Gasteiger charge is 2.31. The number of ether oxygens (including phenoxy) is 2. The van der Waals surface area contributed by atoms with Crippen molar-refractivity contribution >= 4 is 34.8 Å². The first kappa shape index (κ1) is 16.4. The van der Waals surface area contributed by atoms with E-state index in [1.807, 2.05) is 13.8 Å². The fourth-order valence-corrected chi connectivity index (χ4v) is 3.20. The van der Waals surface area contributed by atoms with E-state index < -0.39 is 12.0 Å². The lowest BCUT2D eigenvalue weighted by molar-refractivity contribution is -0.134. The molecule has 0 spiro atoms. The number of hydrogen-bond donors (Lipinski definition) is 2. The van der Waals surface area contributed by atoms with Crippen LogP contribution >= 0.6 is 17.1 Å². The Morgan fingerprint density at radius 3 is 2.33 bits per heavy atom. The Balaban J connectivity index is 2.34. The topological polar surface area (TPSA) is 79.2 Å². The van der Waals surface area contributed by atoms with Crippen molar-refractivity contribution in [2.75, 3.05) is 19.3 Å². The van der Waals surface area contributed by atoms with E-state index in [2.05, 4.69) is 11.8 Å². The number of likely N-dealkylation sites (N-methyl/N-ethyl adjacent to an activating group) is 1. The predicted molar refractivity (Wildman–Crippen MR) is 73.7 cm³/mol. The minimum atomic E-state index is -3.37. The number of amides is 1. The van der Waals surface area contributed by atoms with Crippen molar-refractivity contribution in [3.8, 4) is 0 Å². The number of rotatable bonds is 5. The van der Waals surface area contributed by atoms with Gasteiger partial charge >= 0.3 is 0 Å². The second-order valence-electron chi connectivity index (χ2n) is 4.15. The molecule has 1 heterocycles. The lowest BCUT2D eigenvalue weighted by atomic mass is 10.3. The summed E-state index contributed by atoms with van der Waals surface area (Å²) in [6.45, 7) is 4.14. The standard InChI is InChI=1S/C9H18NO5PS2/c1-6-7(2)15-9(14-6)4-10(3)8(11)5-18-16(12,13)17/h6-7,9H,4-5H2,1-3H3,(H2,12,13,17). The third-order valence-corrected chi connectivity index (χ3v) is 5.66. The van der Waals surface area contributed by atoms with Crippen molar-refractivity contribution in [1.82, 2.24) is 4.90 Å². The van der Waals surface area contributed by atoms with E-state index in [-0.39, 0.29) is 23.9 Å². The van der Waals surface area contributed by atoms with Gasteiger partial charge in [0.05, 0.1) is 24.5 Å². The zero-order valence-electron chi connectivity index (χ0n) is 10.5. The van der Waals surface area contributed by atoms with Crippen LogP contribution in [0, 0.1) is 0 Å². The van der Waals surface area contributed by atoms with Crippen LogP contribution in [0.25, 0.3) is 0 Å². The van der Waals surface area contributed by atoms with Gasteiger partial charge in [-0.25, -0.2) is 0 Å². The lowest BCUT2D eigenvalue weighted by Gasteiger charge is -2.20. The Hall–Kier alpha value is 0.310. The average Bonchev–Trinajstić information content (AvgIpc) is 2.53. The first-order valence-electron chi connectivity index (χ1n) is 5.44. The molecule has 0 aromatic carbocycles. The van der Waals surface area contributed by atoms with Gasteiger partial charge in [0, 0.05) is 7.05 Å². The molecule has 1 amide bonds. The Kier molecular flexibility index (Phi) is 6.05. The van der Waals surface area contributed by atoms with Crippen LogP contribution in [0.3, 0.4) is 0 Å². The van der Waals surface area contributed by atoms with Crippen molar-refractivity contribution in [2.24, 2.45) is 0 Å². The predicted octanol–water partition coefficient (Wildman–Crippen LogP) is 0.537. The normalized spacial score (nSPS) is 28.4. The minimum Gasteiger partial charge on any atom is -0.345 e. The highest BCUT2D eigenvalue weighted by Crippen LogP contribution is 2.50. The van der Waals surface area contributed by atoms with E-state index in [0.717, 1.165) is 0 Å². The van der Waals surface area contributed by atoms with Crippen molar-refractivity contribution in [3.05, 3.63) is 0 Å². The van der Waals surface area contributed by atoms with Crippen LogP contribution in [-0.4, -0.2) is 58.4 Å². The van der Waals surface area contributed by atoms with Gasteiger partial charge in [0.1, 0.15) is 0 Å². The van der Waals surface area contributed by atoms with Crippen LogP contribution < -0.4 is 0 Å². The van der Waals surface area contributed by atoms with E-state index >= 15 is 0 Å². The van der Waals surface area contributed by atoms with Crippen LogP contribution in [0.15, 0.2) is 0 Å². The van der Waals surface area contributed by atoms with E-state index in [0.29, 0.717) is 17.9 Å². The van der Waals surface area contributed by atoms with Gasteiger partial charge in [0.2, 0.25) is 11.6 Å². The molecule has 6 nitrogen and oxygen atoms in total. The van der Waals surface area contributed by atoms with Gasteiger partial charge in [0.25, 0.3) is 0 Å². The van der Waals surface area contributed by atoms with Crippen LogP contribution in [0.2, 0.25) is 0 Å². The Bertz CT molecular complexity index is 340. The molecule has 0 aromatic rings. The maximum Gasteiger partial charge on any atom is 0.242 e. The van der Waals surface area contributed by atoms with Crippen LogP contribution in [0.1, 0.15) is 13.8 Å². The highest BCUT2D eigenvalue weighted by atomic mass is 32.9. The molecule has 0 radical (unpaired) electrons. The molecule has 0 bridgehead atoms.